The van der Waals surface area contributed by atoms with Crippen LogP contribution < -0.4 is 5.43 Å². The Labute approximate surface area is 179 Å². The van der Waals surface area contributed by atoms with Crippen molar-refractivity contribution < 1.29 is 19.1 Å². The van der Waals surface area contributed by atoms with E-state index < -0.39 is 23.4 Å². The molecule has 1 N–H and O–H groups in total. The lowest BCUT2D eigenvalue weighted by atomic mass is 10.0. The predicted octanol–water partition coefficient (Wildman–Crippen LogP) is 5.27. The number of hydrogen-bond donors (Lipinski definition) is 1. The fraction of sp³-hybridized carbons (Fsp3) is 0.652. The molecule has 0 radical (unpaired) electrons. The first-order chi connectivity index (χ1) is 13.9. The average molecular weight is 418 g/mol. The van der Waals surface area contributed by atoms with Crippen molar-refractivity contribution in [2.45, 2.75) is 84.0 Å². The number of carbonyl (C=O) groups excluding carboxylic acids is 2. The molecule has 1 heterocycles. The largest absolute Gasteiger partial charge is 0.442 e. The highest BCUT2D eigenvalue weighted by Gasteiger charge is 2.49. The summed E-state index contributed by atoms with van der Waals surface area (Å²) >= 11 is 0. The topological polar surface area (TPSA) is 71.1 Å². The zero-order valence-corrected chi connectivity index (χ0v) is 19.1. The number of amides is 2. The lowest BCUT2D eigenvalue weighted by Gasteiger charge is -2.30. The minimum absolute atomic E-state index is 0.172. The van der Waals surface area contributed by atoms with Crippen molar-refractivity contribution in [1.82, 2.24) is 9.91 Å². The maximum absolute atomic E-state index is 12.6. The number of nitrogens with one attached hydrogen (secondary N) is 1. The first-order valence-electron chi connectivity index (χ1n) is 10.8. The lowest BCUT2D eigenvalue weighted by Crippen LogP contribution is -2.46. The Morgan fingerprint density at radius 3 is 1.77 bits per heavy atom. The SMILES string of the molecule is CC(C)(C)OC(=O)N(Nc1ccc(C2(N3CCCC3)CC2)cc1)C(=O)OC(C)(C)C. The summed E-state index contributed by atoms with van der Waals surface area (Å²) in [6.07, 6.45) is 3.28. The van der Waals surface area contributed by atoms with Gasteiger partial charge in [0.05, 0.1) is 5.69 Å². The van der Waals surface area contributed by atoms with E-state index in [0.29, 0.717) is 5.69 Å². The van der Waals surface area contributed by atoms with E-state index in [1.54, 1.807) is 41.5 Å². The third-order valence-electron chi connectivity index (χ3n) is 5.25. The number of rotatable bonds is 4. The van der Waals surface area contributed by atoms with Crippen LogP contribution in [0.4, 0.5) is 15.3 Å². The van der Waals surface area contributed by atoms with Crippen LogP contribution in [-0.4, -0.2) is 46.4 Å². The Morgan fingerprint density at radius 1 is 0.900 bits per heavy atom. The molecule has 1 aliphatic carbocycles. The van der Waals surface area contributed by atoms with Gasteiger partial charge in [-0.1, -0.05) is 12.1 Å². The van der Waals surface area contributed by atoms with Crippen molar-refractivity contribution in [3.63, 3.8) is 0 Å². The molecule has 1 saturated heterocycles. The zero-order valence-electron chi connectivity index (χ0n) is 19.1. The van der Waals surface area contributed by atoms with Crippen LogP contribution in [0.15, 0.2) is 24.3 Å². The highest BCUT2D eigenvalue weighted by atomic mass is 16.6. The molecule has 2 amide bonds. The monoisotopic (exact) mass is 417 g/mol. The molecule has 0 unspecified atom stereocenters. The molecule has 0 bridgehead atoms. The van der Waals surface area contributed by atoms with Gasteiger partial charge in [-0.2, -0.15) is 0 Å². The Balaban J connectivity index is 1.75. The van der Waals surface area contributed by atoms with Crippen molar-refractivity contribution in [2.75, 3.05) is 18.5 Å². The minimum atomic E-state index is -0.809. The molecule has 30 heavy (non-hydrogen) atoms. The van der Waals surface area contributed by atoms with Gasteiger partial charge in [-0.3, -0.25) is 10.3 Å². The van der Waals surface area contributed by atoms with E-state index in [1.807, 2.05) is 12.1 Å². The summed E-state index contributed by atoms with van der Waals surface area (Å²) in [5, 5.41) is 0.791. The molecule has 2 aliphatic rings. The quantitative estimate of drug-likeness (QED) is 0.673. The Hall–Kier alpha value is -2.28. The van der Waals surface area contributed by atoms with E-state index in [1.165, 1.54) is 31.2 Å². The summed E-state index contributed by atoms with van der Waals surface area (Å²) in [6.45, 7) is 12.8. The summed E-state index contributed by atoms with van der Waals surface area (Å²) in [5.41, 5.74) is 3.46. The van der Waals surface area contributed by atoms with Crippen molar-refractivity contribution in [3.8, 4) is 0 Å². The van der Waals surface area contributed by atoms with Gasteiger partial charge in [0, 0.05) is 5.54 Å². The van der Waals surface area contributed by atoms with Crippen molar-refractivity contribution in [3.05, 3.63) is 29.8 Å². The summed E-state index contributed by atoms with van der Waals surface area (Å²) in [4.78, 5) is 27.9. The standard InChI is InChI=1S/C23H35N3O4/c1-21(2,3)29-19(27)26(20(28)30-22(4,5)6)24-18-11-9-17(10-12-18)23(13-14-23)25-15-7-8-16-25/h9-12,24H,7-8,13-16H2,1-6H3. The van der Waals surface area contributed by atoms with Crippen LogP contribution in [0, 0.1) is 0 Å². The molecule has 0 spiro atoms. The Kier molecular flexibility index (Phi) is 6.05. The van der Waals surface area contributed by atoms with Gasteiger partial charge < -0.3 is 9.47 Å². The molecule has 1 saturated carbocycles. The van der Waals surface area contributed by atoms with Crippen LogP contribution in [0.1, 0.15) is 72.8 Å². The number of hydrazine groups is 1. The second-order valence-electron chi connectivity index (χ2n) is 10.2. The molecule has 3 rings (SSSR count). The zero-order chi connectivity index (χ0) is 22.2. The maximum Gasteiger partial charge on any atom is 0.439 e. The highest BCUT2D eigenvalue weighted by molar-refractivity contribution is 5.89. The number of imide groups is 1. The molecule has 1 aliphatic heterocycles. The van der Waals surface area contributed by atoms with Gasteiger partial charge in [0.25, 0.3) is 0 Å². The molecule has 7 nitrogen and oxygen atoms in total. The maximum atomic E-state index is 12.6. The third-order valence-corrected chi connectivity index (χ3v) is 5.25. The Bertz CT molecular complexity index is 739. The first-order valence-corrected chi connectivity index (χ1v) is 10.8. The van der Waals surface area contributed by atoms with Gasteiger partial charge in [-0.05, 0) is 98.0 Å². The second kappa shape index (κ2) is 8.10. The van der Waals surface area contributed by atoms with E-state index in [-0.39, 0.29) is 5.54 Å². The van der Waals surface area contributed by atoms with Crippen molar-refractivity contribution in [2.24, 2.45) is 0 Å². The minimum Gasteiger partial charge on any atom is -0.442 e. The summed E-state index contributed by atoms with van der Waals surface area (Å²) in [6, 6.07) is 7.95. The van der Waals surface area contributed by atoms with Gasteiger partial charge in [0.1, 0.15) is 11.2 Å². The van der Waals surface area contributed by atoms with Crippen molar-refractivity contribution in [1.29, 1.82) is 0 Å². The van der Waals surface area contributed by atoms with Gasteiger partial charge in [0.15, 0.2) is 0 Å². The fourth-order valence-corrected chi connectivity index (χ4v) is 3.82. The molecule has 1 aromatic carbocycles. The smallest absolute Gasteiger partial charge is 0.439 e. The first kappa shape index (κ1) is 22.4. The summed E-state index contributed by atoms with van der Waals surface area (Å²) in [7, 11) is 0. The number of likely N-dealkylation sites (tertiary alicyclic amines) is 1. The van der Waals surface area contributed by atoms with E-state index >= 15 is 0 Å². The average Bonchev–Trinajstić information content (AvgIpc) is 3.23. The number of hydrogen-bond acceptors (Lipinski definition) is 6. The third kappa shape index (κ3) is 5.45. The Morgan fingerprint density at radius 2 is 1.37 bits per heavy atom. The normalized spacial score (nSPS) is 18.6. The number of benzene rings is 1. The summed E-state index contributed by atoms with van der Waals surface area (Å²) in [5.74, 6) is 0. The number of carbonyl (C=O) groups is 2. The summed E-state index contributed by atoms with van der Waals surface area (Å²) < 4.78 is 10.8. The van der Waals surface area contributed by atoms with Crippen LogP contribution in [0.5, 0.6) is 0 Å². The second-order valence-corrected chi connectivity index (χ2v) is 10.2. The number of nitrogens with zero attached hydrogens (tertiary/aromatic N) is 2. The molecule has 7 heteroatoms. The van der Waals surface area contributed by atoms with Crippen LogP contribution in [0.2, 0.25) is 0 Å². The number of anilines is 1. The van der Waals surface area contributed by atoms with Gasteiger partial charge in [0.2, 0.25) is 0 Å². The van der Waals surface area contributed by atoms with Gasteiger partial charge in [-0.25, -0.2) is 9.59 Å². The van der Waals surface area contributed by atoms with Crippen LogP contribution in [0.25, 0.3) is 0 Å². The molecule has 1 aromatic rings. The van der Waals surface area contributed by atoms with Crippen molar-refractivity contribution >= 4 is 17.9 Å². The molecule has 166 valence electrons. The molecule has 2 fully saturated rings. The molecule has 0 atom stereocenters. The predicted molar refractivity (Wildman–Crippen MR) is 116 cm³/mol. The van der Waals surface area contributed by atoms with E-state index in [0.717, 1.165) is 18.1 Å². The van der Waals surface area contributed by atoms with Crippen LogP contribution >= 0.6 is 0 Å². The highest BCUT2D eigenvalue weighted by Crippen LogP contribution is 2.52. The molecular weight excluding hydrogens is 382 g/mol. The lowest BCUT2D eigenvalue weighted by molar-refractivity contribution is 0.00643. The number of ether oxygens (including phenoxy) is 2. The van der Waals surface area contributed by atoms with E-state index in [9.17, 15) is 9.59 Å². The van der Waals surface area contributed by atoms with Crippen LogP contribution in [0.3, 0.4) is 0 Å². The van der Waals surface area contributed by atoms with Gasteiger partial charge in [-0.15, -0.1) is 5.01 Å². The van der Waals surface area contributed by atoms with Crippen LogP contribution in [-0.2, 0) is 15.0 Å². The molecular formula is C23H35N3O4. The fourth-order valence-electron chi connectivity index (χ4n) is 3.82. The van der Waals surface area contributed by atoms with Gasteiger partial charge >= 0.3 is 12.2 Å². The molecule has 0 aromatic heterocycles. The van der Waals surface area contributed by atoms with E-state index in [4.69, 9.17) is 9.47 Å². The van der Waals surface area contributed by atoms with E-state index in [2.05, 4.69) is 22.5 Å².